The van der Waals surface area contributed by atoms with Gasteiger partial charge >= 0.3 is 0 Å². The molecular weight excluding hydrogens is 236 g/mol. The third-order valence-corrected chi connectivity index (χ3v) is 4.29. The van der Waals surface area contributed by atoms with Gasteiger partial charge in [-0.1, -0.05) is 19.1 Å². The number of rotatable bonds is 4. The highest BCUT2D eigenvalue weighted by atomic mass is 15.3. The number of aryl methyl sites for hydroxylation is 1. The molecule has 0 aliphatic carbocycles. The van der Waals surface area contributed by atoms with E-state index >= 15 is 0 Å². The molecule has 2 aromatic rings. The van der Waals surface area contributed by atoms with Crippen LogP contribution >= 0.6 is 0 Å². The molecule has 4 heteroatoms. The molecular formula is C15H22N4. The maximum Gasteiger partial charge on any atom is 0.126 e. The Hall–Kier alpha value is -1.39. The van der Waals surface area contributed by atoms with Crippen LogP contribution in [0.3, 0.4) is 0 Å². The molecule has 102 valence electrons. The van der Waals surface area contributed by atoms with E-state index < -0.39 is 0 Å². The number of hydrogen-bond donors (Lipinski definition) is 1. The lowest BCUT2D eigenvalue weighted by atomic mass is 10.1. The first kappa shape index (κ1) is 12.6. The van der Waals surface area contributed by atoms with Gasteiger partial charge in [-0.2, -0.15) is 0 Å². The Kier molecular flexibility index (Phi) is 3.29. The number of para-hydroxylation sites is 2. The molecule has 1 fully saturated rings. The number of aromatic nitrogens is 2. The van der Waals surface area contributed by atoms with Crippen molar-refractivity contribution < 1.29 is 0 Å². The molecule has 1 atom stereocenters. The van der Waals surface area contributed by atoms with Crippen molar-refractivity contribution in [2.24, 2.45) is 7.05 Å². The quantitative estimate of drug-likeness (QED) is 0.909. The number of nitrogens with one attached hydrogen (secondary N) is 1. The first-order chi connectivity index (χ1) is 9.22. The van der Waals surface area contributed by atoms with E-state index in [-0.39, 0.29) is 0 Å². The van der Waals surface area contributed by atoms with E-state index in [9.17, 15) is 0 Å². The van der Waals surface area contributed by atoms with Crippen molar-refractivity contribution in [3.05, 3.63) is 30.1 Å². The number of fused-ring (bicyclic) bond motifs is 1. The van der Waals surface area contributed by atoms with Crippen LogP contribution in [0.5, 0.6) is 0 Å². The molecule has 0 saturated carbocycles. The Balaban J connectivity index is 1.95. The van der Waals surface area contributed by atoms with Crippen molar-refractivity contribution in [2.75, 3.05) is 19.6 Å². The highest BCUT2D eigenvalue weighted by molar-refractivity contribution is 5.75. The van der Waals surface area contributed by atoms with Gasteiger partial charge in [0.25, 0.3) is 0 Å². The largest absolute Gasteiger partial charge is 0.330 e. The van der Waals surface area contributed by atoms with Gasteiger partial charge in [-0.05, 0) is 25.6 Å². The summed E-state index contributed by atoms with van der Waals surface area (Å²) < 4.78 is 2.23. The van der Waals surface area contributed by atoms with Crippen molar-refractivity contribution >= 4 is 11.0 Å². The molecule has 1 saturated heterocycles. The SMILES string of the molecule is CCN(C1CNC1)C(C)c1nc2ccccc2n1C. The van der Waals surface area contributed by atoms with Crippen LogP contribution < -0.4 is 5.32 Å². The van der Waals surface area contributed by atoms with Gasteiger partial charge in [-0.3, -0.25) is 4.90 Å². The fourth-order valence-electron chi connectivity index (χ4n) is 3.04. The maximum atomic E-state index is 4.82. The molecule has 0 spiro atoms. The minimum atomic E-state index is 0.356. The second-order valence-corrected chi connectivity index (χ2v) is 5.34. The number of imidazole rings is 1. The molecule has 4 nitrogen and oxygen atoms in total. The number of benzene rings is 1. The predicted octanol–water partition coefficient (Wildman–Crippen LogP) is 1.93. The molecule has 19 heavy (non-hydrogen) atoms. The predicted molar refractivity (Wildman–Crippen MR) is 78.2 cm³/mol. The molecule has 1 aliphatic heterocycles. The van der Waals surface area contributed by atoms with E-state index in [0.29, 0.717) is 12.1 Å². The summed E-state index contributed by atoms with van der Waals surface area (Å²) >= 11 is 0. The van der Waals surface area contributed by atoms with E-state index in [2.05, 4.69) is 59.9 Å². The van der Waals surface area contributed by atoms with E-state index in [1.54, 1.807) is 0 Å². The summed E-state index contributed by atoms with van der Waals surface area (Å²) in [5.74, 6) is 1.16. The van der Waals surface area contributed by atoms with Gasteiger partial charge in [0.1, 0.15) is 5.82 Å². The molecule has 1 aromatic heterocycles. The summed E-state index contributed by atoms with van der Waals surface area (Å²) in [5.41, 5.74) is 2.31. The van der Waals surface area contributed by atoms with Gasteiger partial charge in [0, 0.05) is 26.2 Å². The van der Waals surface area contributed by atoms with Crippen LogP contribution in [-0.4, -0.2) is 40.1 Å². The molecule has 0 radical (unpaired) electrons. The van der Waals surface area contributed by atoms with E-state index in [4.69, 9.17) is 4.98 Å². The lowest BCUT2D eigenvalue weighted by Crippen LogP contribution is -2.57. The summed E-state index contributed by atoms with van der Waals surface area (Å²) in [6, 6.07) is 9.37. The highest BCUT2D eigenvalue weighted by Crippen LogP contribution is 2.25. The zero-order valence-electron chi connectivity index (χ0n) is 11.9. The average molecular weight is 258 g/mol. The second-order valence-electron chi connectivity index (χ2n) is 5.34. The third-order valence-electron chi connectivity index (χ3n) is 4.29. The number of nitrogens with zero attached hydrogens (tertiary/aromatic N) is 3. The fraction of sp³-hybridized carbons (Fsp3) is 0.533. The Labute approximate surface area is 114 Å². The summed E-state index contributed by atoms with van der Waals surface area (Å²) in [4.78, 5) is 7.36. The van der Waals surface area contributed by atoms with Crippen LogP contribution in [-0.2, 0) is 7.05 Å². The minimum Gasteiger partial charge on any atom is -0.330 e. The van der Waals surface area contributed by atoms with Crippen LogP contribution in [0, 0.1) is 0 Å². The van der Waals surface area contributed by atoms with Crippen molar-refractivity contribution in [3.63, 3.8) is 0 Å². The first-order valence-corrected chi connectivity index (χ1v) is 7.10. The van der Waals surface area contributed by atoms with E-state index in [0.717, 1.165) is 31.0 Å². The second kappa shape index (κ2) is 4.94. The number of likely N-dealkylation sites (N-methyl/N-ethyl adjacent to an activating group) is 1. The molecule has 3 rings (SSSR count). The Morgan fingerprint density at radius 1 is 1.42 bits per heavy atom. The molecule has 1 aromatic carbocycles. The zero-order chi connectivity index (χ0) is 13.4. The van der Waals surface area contributed by atoms with Crippen molar-refractivity contribution in [2.45, 2.75) is 25.9 Å². The molecule has 1 unspecified atom stereocenters. The third kappa shape index (κ3) is 2.05. The smallest absolute Gasteiger partial charge is 0.126 e. The van der Waals surface area contributed by atoms with Gasteiger partial charge in [0.2, 0.25) is 0 Å². The van der Waals surface area contributed by atoms with Gasteiger partial charge < -0.3 is 9.88 Å². The summed E-state index contributed by atoms with van der Waals surface area (Å²) in [7, 11) is 2.12. The Morgan fingerprint density at radius 3 is 2.74 bits per heavy atom. The lowest BCUT2D eigenvalue weighted by molar-refractivity contribution is 0.104. The van der Waals surface area contributed by atoms with Crippen LogP contribution in [0.2, 0.25) is 0 Å². The first-order valence-electron chi connectivity index (χ1n) is 7.10. The summed E-state index contributed by atoms with van der Waals surface area (Å²) in [5, 5.41) is 3.35. The zero-order valence-corrected chi connectivity index (χ0v) is 11.9. The van der Waals surface area contributed by atoms with Crippen LogP contribution in [0.15, 0.2) is 24.3 Å². The standard InChI is InChI=1S/C15H22N4/c1-4-19(12-9-16-10-12)11(2)15-17-13-7-5-6-8-14(13)18(15)3/h5-8,11-12,16H,4,9-10H2,1-3H3. The minimum absolute atomic E-state index is 0.356. The Morgan fingerprint density at radius 2 is 2.16 bits per heavy atom. The number of hydrogen-bond acceptors (Lipinski definition) is 3. The van der Waals surface area contributed by atoms with Crippen LogP contribution in [0.1, 0.15) is 25.7 Å². The highest BCUT2D eigenvalue weighted by Gasteiger charge is 2.29. The van der Waals surface area contributed by atoms with Gasteiger partial charge in [-0.15, -0.1) is 0 Å². The van der Waals surface area contributed by atoms with Crippen LogP contribution in [0.4, 0.5) is 0 Å². The molecule has 1 aliphatic rings. The summed E-state index contributed by atoms with van der Waals surface area (Å²) in [6.07, 6.45) is 0. The van der Waals surface area contributed by atoms with Crippen molar-refractivity contribution in [3.8, 4) is 0 Å². The Bertz CT molecular complexity index is 571. The topological polar surface area (TPSA) is 33.1 Å². The van der Waals surface area contributed by atoms with E-state index in [1.165, 1.54) is 5.52 Å². The molecule has 2 heterocycles. The maximum absolute atomic E-state index is 4.82. The van der Waals surface area contributed by atoms with Gasteiger partial charge in [0.05, 0.1) is 17.1 Å². The van der Waals surface area contributed by atoms with Gasteiger partial charge in [-0.25, -0.2) is 4.98 Å². The molecule has 1 N–H and O–H groups in total. The van der Waals surface area contributed by atoms with Crippen LogP contribution in [0.25, 0.3) is 11.0 Å². The van der Waals surface area contributed by atoms with Gasteiger partial charge in [0.15, 0.2) is 0 Å². The van der Waals surface area contributed by atoms with Crippen molar-refractivity contribution in [1.29, 1.82) is 0 Å². The normalized spacial score (nSPS) is 17.9. The average Bonchev–Trinajstić information content (AvgIpc) is 2.71. The molecule has 0 bridgehead atoms. The molecule has 0 amide bonds. The van der Waals surface area contributed by atoms with Crippen molar-refractivity contribution in [1.82, 2.24) is 19.8 Å². The lowest BCUT2D eigenvalue weighted by Gasteiger charge is -2.40. The fourth-order valence-corrected chi connectivity index (χ4v) is 3.04. The van der Waals surface area contributed by atoms with E-state index in [1.807, 2.05) is 0 Å². The summed E-state index contributed by atoms with van der Waals surface area (Å²) in [6.45, 7) is 7.77. The monoisotopic (exact) mass is 258 g/mol.